The highest BCUT2D eigenvalue weighted by atomic mass is 127. The average molecular weight is 634 g/mol. The zero-order valence-electron chi connectivity index (χ0n) is 20.7. The van der Waals surface area contributed by atoms with E-state index in [4.69, 9.17) is 14.5 Å². The van der Waals surface area contributed by atoms with Crippen molar-refractivity contribution >= 4 is 51.7 Å². The molecule has 8 heteroatoms. The minimum Gasteiger partial charge on any atom is -0.496 e. The number of rotatable bonds is 4. The maximum Gasteiger partial charge on any atom is 0.337 e. The average Bonchev–Trinajstić information content (AvgIpc) is 3.25. The van der Waals surface area contributed by atoms with Gasteiger partial charge in [-0.1, -0.05) is 53.8 Å². The van der Waals surface area contributed by atoms with Gasteiger partial charge in [-0.25, -0.2) is 9.79 Å². The third-order valence-electron chi connectivity index (χ3n) is 6.99. The molecule has 190 valence electrons. The number of halogens is 1. The first-order chi connectivity index (χ1) is 18.5. The summed E-state index contributed by atoms with van der Waals surface area (Å²) in [6.07, 6.45) is 3.61. The van der Waals surface area contributed by atoms with Crippen molar-refractivity contribution in [2.45, 2.75) is 18.9 Å². The van der Waals surface area contributed by atoms with Gasteiger partial charge in [-0.05, 0) is 88.0 Å². The molecule has 0 radical (unpaired) electrons. The molecule has 6 rings (SSSR count). The highest BCUT2D eigenvalue weighted by Gasteiger charge is 2.32. The molecule has 2 heterocycles. The molecule has 0 spiro atoms. The molecule has 0 saturated heterocycles. The summed E-state index contributed by atoms with van der Waals surface area (Å²) in [6.45, 7) is 0. The third kappa shape index (κ3) is 4.21. The van der Waals surface area contributed by atoms with Crippen LogP contribution >= 0.6 is 33.9 Å². The summed E-state index contributed by atoms with van der Waals surface area (Å²) in [5.41, 5.74) is 6.70. The topological polar surface area (TPSA) is 69.9 Å². The molecule has 3 aromatic carbocycles. The Bertz CT molecular complexity index is 1800. The first-order valence-corrected chi connectivity index (χ1v) is 14.0. The van der Waals surface area contributed by atoms with Crippen LogP contribution in [0.5, 0.6) is 5.75 Å². The Morgan fingerprint density at radius 2 is 1.87 bits per heavy atom. The minimum absolute atomic E-state index is 0.0768. The van der Waals surface area contributed by atoms with Crippen LogP contribution in [0.15, 0.2) is 82.1 Å². The molecule has 4 aromatic rings. The predicted octanol–water partition coefficient (Wildman–Crippen LogP) is 4.72. The number of carbonyl (C=O) groups is 1. The van der Waals surface area contributed by atoms with Gasteiger partial charge in [-0.2, -0.15) is 0 Å². The van der Waals surface area contributed by atoms with Crippen LogP contribution in [0.2, 0.25) is 0 Å². The summed E-state index contributed by atoms with van der Waals surface area (Å²) in [5, 5.41) is 0. The lowest BCUT2D eigenvalue weighted by atomic mass is 9.83. The second kappa shape index (κ2) is 9.99. The van der Waals surface area contributed by atoms with Crippen LogP contribution < -0.4 is 19.6 Å². The van der Waals surface area contributed by atoms with Crippen molar-refractivity contribution in [2.75, 3.05) is 14.2 Å². The fraction of sp³-hybridized carbons (Fsp3) is 0.167. The van der Waals surface area contributed by atoms with E-state index in [9.17, 15) is 9.59 Å². The van der Waals surface area contributed by atoms with Crippen molar-refractivity contribution in [3.8, 4) is 5.75 Å². The van der Waals surface area contributed by atoms with Gasteiger partial charge in [0.2, 0.25) is 0 Å². The summed E-state index contributed by atoms with van der Waals surface area (Å²) >= 11 is 3.63. The second-order valence-corrected chi connectivity index (χ2v) is 11.3. The van der Waals surface area contributed by atoms with Gasteiger partial charge >= 0.3 is 5.97 Å². The molecule has 0 saturated carbocycles. The first kappa shape index (κ1) is 24.8. The lowest BCUT2D eigenvalue weighted by Gasteiger charge is -2.30. The minimum atomic E-state index is -0.388. The van der Waals surface area contributed by atoms with E-state index in [1.54, 1.807) is 19.2 Å². The number of fused-ring (bicyclic) bond motifs is 3. The van der Waals surface area contributed by atoms with E-state index < -0.39 is 0 Å². The van der Waals surface area contributed by atoms with E-state index in [0.717, 1.165) is 50.1 Å². The standard InChI is InChI=1S/C30H23IN2O4S/c1-36-24-14-7-17(15-23(24)31)16-25-28(34)33-27(19-8-10-20(11-9-19)29(35)37-2)22-13-12-18-5-3-4-6-21(18)26(22)32-30(33)38-25/h3-11,14-16,27H,12-13H2,1-2H3. The van der Waals surface area contributed by atoms with Crippen LogP contribution in [0.1, 0.15) is 45.1 Å². The van der Waals surface area contributed by atoms with Crippen molar-refractivity contribution in [1.82, 2.24) is 4.57 Å². The number of benzene rings is 3. The van der Waals surface area contributed by atoms with Gasteiger partial charge in [0.1, 0.15) is 5.75 Å². The van der Waals surface area contributed by atoms with E-state index in [1.807, 2.05) is 47.0 Å². The van der Waals surface area contributed by atoms with Crippen LogP contribution in [0.3, 0.4) is 0 Å². The normalized spacial score (nSPS) is 16.3. The molecule has 38 heavy (non-hydrogen) atoms. The smallest absolute Gasteiger partial charge is 0.337 e. The molecule has 1 aromatic heterocycles. The number of carbonyl (C=O) groups excluding carboxylic acids is 1. The molecule has 0 fully saturated rings. The highest BCUT2D eigenvalue weighted by molar-refractivity contribution is 14.1. The first-order valence-electron chi connectivity index (χ1n) is 12.1. The maximum atomic E-state index is 13.9. The molecule has 0 bridgehead atoms. The number of allylic oxidation sites excluding steroid dienone is 1. The van der Waals surface area contributed by atoms with Crippen molar-refractivity contribution < 1.29 is 14.3 Å². The molecule has 1 aliphatic carbocycles. The zero-order chi connectivity index (χ0) is 26.4. The molecular formula is C30H23IN2O4S. The van der Waals surface area contributed by atoms with E-state index in [1.165, 1.54) is 24.0 Å². The SMILES string of the molecule is COC(=O)c1ccc(C2C3=C(N=c4sc(=Cc5ccc(OC)c(I)c5)c(=O)n42)c2ccccc2CC3)cc1. The Morgan fingerprint density at radius 3 is 2.61 bits per heavy atom. The molecule has 6 nitrogen and oxygen atoms in total. The van der Waals surface area contributed by atoms with Crippen LogP contribution in [-0.2, 0) is 11.2 Å². The fourth-order valence-electron chi connectivity index (χ4n) is 5.17. The molecule has 2 aliphatic rings. The summed E-state index contributed by atoms with van der Waals surface area (Å²) in [4.78, 5) is 31.7. The highest BCUT2D eigenvalue weighted by Crippen LogP contribution is 2.41. The number of hydrogen-bond acceptors (Lipinski definition) is 6. The van der Waals surface area contributed by atoms with Gasteiger partial charge in [0.15, 0.2) is 4.80 Å². The summed E-state index contributed by atoms with van der Waals surface area (Å²) < 4.78 is 13.7. The van der Waals surface area contributed by atoms with E-state index >= 15 is 0 Å². The summed E-state index contributed by atoms with van der Waals surface area (Å²) in [5.74, 6) is 0.409. The van der Waals surface area contributed by atoms with Gasteiger partial charge in [-0.3, -0.25) is 9.36 Å². The maximum absolute atomic E-state index is 13.9. The zero-order valence-corrected chi connectivity index (χ0v) is 23.7. The Balaban J connectivity index is 1.56. The van der Waals surface area contributed by atoms with Crippen molar-refractivity contribution in [3.05, 3.63) is 123 Å². The van der Waals surface area contributed by atoms with Crippen LogP contribution in [-0.4, -0.2) is 24.8 Å². The number of aromatic nitrogens is 1. The third-order valence-corrected chi connectivity index (χ3v) is 8.82. The van der Waals surface area contributed by atoms with Gasteiger partial charge in [0, 0.05) is 5.56 Å². The van der Waals surface area contributed by atoms with Gasteiger partial charge < -0.3 is 9.47 Å². The Morgan fingerprint density at radius 1 is 1.08 bits per heavy atom. The molecular weight excluding hydrogens is 611 g/mol. The molecule has 1 unspecified atom stereocenters. The molecule has 0 N–H and O–H groups in total. The number of thiazole rings is 1. The Kier molecular flexibility index (Phi) is 6.53. The van der Waals surface area contributed by atoms with Crippen LogP contribution in [0.4, 0.5) is 0 Å². The van der Waals surface area contributed by atoms with Gasteiger partial charge in [0.05, 0.1) is 39.6 Å². The van der Waals surface area contributed by atoms with Crippen molar-refractivity contribution in [2.24, 2.45) is 4.99 Å². The molecule has 1 aliphatic heterocycles. The lowest BCUT2D eigenvalue weighted by molar-refractivity contribution is 0.0600. The number of esters is 1. The fourth-order valence-corrected chi connectivity index (χ4v) is 6.93. The number of ether oxygens (including phenoxy) is 2. The Labute approximate surface area is 236 Å². The van der Waals surface area contributed by atoms with Crippen LogP contribution in [0, 0.1) is 3.57 Å². The summed E-state index contributed by atoms with van der Waals surface area (Å²) in [6, 6.07) is 21.2. The number of methoxy groups -OCH3 is 2. The number of aryl methyl sites for hydroxylation is 1. The van der Waals surface area contributed by atoms with Gasteiger partial charge in [0.25, 0.3) is 5.56 Å². The summed E-state index contributed by atoms with van der Waals surface area (Å²) in [7, 11) is 3.02. The van der Waals surface area contributed by atoms with E-state index in [0.29, 0.717) is 14.9 Å². The van der Waals surface area contributed by atoms with E-state index in [2.05, 4.69) is 40.8 Å². The predicted molar refractivity (Wildman–Crippen MR) is 156 cm³/mol. The monoisotopic (exact) mass is 634 g/mol. The number of nitrogens with zero attached hydrogens (tertiary/aromatic N) is 2. The van der Waals surface area contributed by atoms with Crippen molar-refractivity contribution in [1.29, 1.82) is 0 Å². The largest absolute Gasteiger partial charge is 0.496 e. The van der Waals surface area contributed by atoms with Gasteiger partial charge in [-0.15, -0.1) is 0 Å². The molecule has 1 atom stereocenters. The Hall–Kier alpha value is -3.50. The number of hydrogen-bond donors (Lipinski definition) is 0. The van der Waals surface area contributed by atoms with Crippen molar-refractivity contribution in [3.63, 3.8) is 0 Å². The lowest BCUT2D eigenvalue weighted by Crippen LogP contribution is -2.38. The van der Waals surface area contributed by atoms with Crippen LogP contribution in [0.25, 0.3) is 11.8 Å². The van der Waals surface area contributed by atoms with E-state index in [-0.39, 0.29) is 17.6 Å². The quantitative estimate of drug-likeness (QED) is 0.241. The second-order valence-electron chi connectivity index (χ2n) is 9.12. The molecule has 0 amide bonds.